The van der Waals surface area contributed by atoms with Crippen LogP contribution >= 0.6 is 0 Å². The van der Waals surface area contributed by atoms with Crippen LogP contribution in [-0.2, 0) is 5.54 Å². The van der Waals surface area contributed by atoms with Gasteiger partial charge in [0.1, 0.15) is 11.3 Å². The predicted molar refractivity (Wildman–Crippen MR) is 158 cm³/mol. The summed E-state index contributed by atoms with van der Waals surface area (Å²) < 4.78 is 5.83. The molecule has 0 fully saturated rings. The molecule has 0 unspecified atom stereocenters. The maximum atomic E-state index is 13.2. The zero-order valence-corrected chi connectivity index (χ0v) is 23.6. The van der Waals surface area contributed by atoms with Gasteiger partial charge in [-0.05, 0) is 94.1 Å². The largest absolute Gasteiger partial charge is 0.413 e. The summed E-state index contributed by atoms with van der Waals surface area (Å²) in [5.74, 6) is 0.623. The summed E-state index contributed by atoms with van der Waals surface area (Å²) >= 11 is 0. The number of anilines is 3. The van der Waals surface area contributed by atoms with Crippen LogP contribution in [0.3, 0.4) is 0 Å². The molecule has 0 bridgehead atoms. The molecule has 0 aromatic heterocycles. The van der Waals surface area contributed by atoms with Crippen molar-refractivity contribution in [3.05, 3.63) is 71.3 Å². The molecule has 1 aliphatic carbocycles. The van der Waals surface area contributed by atoms with Crippen LogP contribution in [0.4, 0.5) is 21.9 Å². The first-order valence-corrected chi connectivity index (χ1v) is 14.1. The average molecular weight is 513 g/mol. The summed E-state index contributed by atoms with van der Waals surface area (Å²) in [6, 6.07) is 19.7. The van der Waals surface area contributed by atoms with Crippen molar-refractivity contribution >= 4 is 23.2 Å². The molecule has 6 nitrogen and oxygen atoms in total. The molecule has 3 aromatic rings. The minimum Gasteiger partial charge on any atom is -0.410 e. The van der Waals surface area contributed by atoms with E-state index in [-0.39, 0.29) is 0 Å². The van der Waals surface area contributed by atoms with E-state index in [9.17, 15) is 4.79 Å². The molecule has 6 heteroatoms. The molecule has 200 valence electrons. The first kappa shape index (κ1) is 26.0. The lowest BCUT2D eigenvalue weighted by Gasteiger charge is -2.38. The van der Waals surface area contributed by atoms with E-state index in [1.807, 2.05) is 6.07 Å². The van der Waals surface area contributed by atoms with Crippen LogP contribution in [-0.4, -0.2) is 45.4 Å². The van der Waals surface area contributed by atoms with Crippen LogP contribution in [0, 0.1) is 0 Å². The molecule has 1 amide bonds. The van der Waals surface area contributed by atoms with Crippen molar-refractivity contribution in [3.63, 3.8) is 0 Å². The maximum absolute atomic E-state index is 13.2. The average Bonchev–Trinajstić information content (AvgIpc) is 3.19. The zero-order valence-electron chi connectivity index (χ0n) is 23.6. The minimum absolute atomic E-state index is 0.423. The highest BCUT2D eigenvalue weighted by Gasteiger charge is 2.50. The normalized spacial score (nSPS) is 14.3. The first-order valence-electron chi connectivity index (χ1n) is 14.1. The summed E-state index contributed by atoms with van der Waals surface area (Å²) in [5, 5.41) is 3.29. The Morgan fingerprint density at radius 2 is 1.00 bits per heavy atom. The summed E-state index contributed by atoms with van der Waals surface area (Å²) in [5.41, 5.74) is 8.13. The minimum atomic E-state index is -0.805. The summed E-state index contributed by atoms with van der Waals surface area (Å²) in [6.07, 6.45) is -0.423. The highest BCUT2D eigenvalue weighted by atomic mass is 16.6. The number of nitrogens with one attached hydrogen (secondary N) is 1. The van der Waals surface area contributed by atoms with Gasteiger partial charge in [0.05, 0.1) is 0 Å². The van der Waals surface area contributed by atoms with Gasteiger partial charge in [0.25, 0.3) is 0 Å². The third-order valence-electron chi connectivity index (χ3n) is 8.35. The monoisotopic (exact) mass is 512 g/mol. The number of amides is 1. The Morgan fingerprint density at radius 3 is 1.42 bits per heavy atom. The predicted octanol–water partition coefficient (Wildman–Crippen LogP) is 6.60. The first-order chi connectivity index (χ1) is 18.4. The molecule has 1 heterocycles. The van der Waals surface area contributed by atoms with Crippen LogP contribution < -0.4 is 24.8 Å². The van der Waals surface area contributed by atoms with Gasteiger partial charge in [-0.25, -0.2) is 4.79 Å². The number of carbonyl (C=O) groups is 1. The fourth-order valence-electron chi connectivity index (χ4n) is 6.34. The van der Waals surface area contributed by atoms with E-state index in [0.29, 0.717) is 5.75 Å². The van der Waals surface area contributed by atoms with Crippen LogP contribution in [0.5, 0.6) is 5.75 Å². The molecule has 2 aliphatic rings. The van der Waals surface area contributed by atoms with E-state index >= 15 is 0 Å². The van der Waals surface area contributed by atoms with E-state index in [0.717, 1.165) is 61.6 Å². The van der Waals surface area contributed by atoms with Crippen molar-refractivity contribution in [2.75, 3.05) is 54.0 Å². The summed E-state index contributed by atoms with van der Waals surface area (Å²) in [7, 11) is 0. The SMILES string of the molecule is CCN(CC)c1ccc2c(c1)OC(=O)NC21c2ccc(N(CC)CC)cc2-c2cc(N(CC)CC)ccc21. The number of carbonyl (C=O) groups excluding carboxylic acids is 1. The Hall–Kier alpha value is -3.67. The fourth-order valence-corrected chi connectivity index (χ4v) is 6.34. The second-order valence-electron chi connectivity index (χ2n) is 9.92. The van der Waals surface area contributed by atoms with Gasteiger partial charge in [0.15, 0.2) is 0 Å². The van der Waals surface area contributed by atoms with Gasteiger partial charge < -0.3 is 24.8 Å². The fraction of sp³-hybridized carbons (Fsp3) is 0.406. The molecule has 0 saturated heterocycles. The van der Waals surface area contributed by atoms with Gasteiger partial charge in [-0.15, -0.1) is 0 Å². The quantitative estimate of drug-likeness (QED) is 0.350. The van der Waals surface area contributed by atoms with Crippen molar-refractivity contribution in [3.8, 4) is 16.9 Å². The molecule has 5 rings (SSSR count). The Kier molecular flexibility index (Phi) is 6.99. The smallest absolute Gasteiger partial charge is 0.410 e. The lowest BCUT2D eigenvalue weighted by Crippen LogP contribution is -2.51. The molecule has 0 radical (unpaired) electrons. The van der Waals surface area contributed by atoms with Gasteiger partial charge in [0, 0.05) is 68.0 Å². The third kappa shape index (κ3) is 3.89. The summed E-state index contributed by atoms with van der Waals surface area (Å²) in [4.78, 5) is 20.2. The van der Waals surface area contributed by atoms with Crippen molar-refractivity contribution in [1.29, 1.82) is 0 Å². The molecule has 1 aliphatic heterocycles. The van der Waals surface area contributed by atoms with E-state index in [4.69, 9.17) is 4.74 Å². The number of rotatable bonds is 9. The van der Waals surface area contributed by atoms with Crippen LogP contribution in [0.25, 0.3) is 11.1 Å². The molecule has 3 aromatic carbocycles. The van der Waals surface area contributed by atoms with Crippen molar-refractivity contribution in [2.24, 2.45) is 0 Å². The Morgan fingerprint density at radius 1 is 0.605 bits per heavy atom. The number of fused-ring (bicyclic) bond motifs is 7. The molecule has 0 atom stereocenters. The standard InChI is InChI=1S/C32H40N4O2/c1-7-34(8-2)22-13-16-27-25(19-22)26-20-23(35(9-3)10-4)14-17-28(26)32(27)29-18-15-24(36(11-5)12-6)21-30(29)38-31(37)33-32/h13-21H,7-12H2,1-6H3,(H,33,37). The summed E-state index contributed by atoms with van der Waals surface area (Å²) in [6.45, 7) is 18.6. The van der Waals surface area contributed by atoms with Crippen LogP contribution in [0.15, 0.2) is 54.6 Å². The molecular weight excluding hydrogens is 472 g/mol. The van der Waals surface area contributed by atoms with E-state index in [2.05, 4.69) is 110 Å². The highest BCUT2D eigenvalue weighted by Crippen LogP contribution is 2.56. The highest BCUT2D eigenvalue weighted by molar-refractivity contribution is 5.91. The number of hydrogen-bond acceptors (Lipinski definition) is 5. The second-order valence-corrected chi connectivity index (χ2v) is 9.92. The van der Waals surface area contributed by atoms with Gasteiger partial charge in [0.2, 0.25) is 0 Å². The third-order valence-corrected chi connectivity index (χ3v) is 8.35. The molecular formula is C32H40N4O2. The maximum Gasteiger partial charge on any atom is 0.413 e. The van der Waals surface area contributed by atoms with Gasteiger partial charge in [-0.1, -0.05) is 18.2 Å². The Bertz CT molecular complexity index is 1280. The number of ether oxygens (including phenoxy) is 1. The Balaban J connectivity index is 1.78. The van der Waals surface area contributed by atoms with Gasteiger partial charge in [-0.3, -0.25) is 0 Å². The lowest BCUT2D eigenvalue weighted by molar-refractivity contribution is 0.184. The number of nitrogens with zero attached hydrogens (tertiary/aromatic N) is 3. The van der Waals surface area contributed by atoms with Gasteiger partial charge in [-0.2, -0.15) is 0 Å². The molecule has 0 saturated carbocycles. The van der Waals surface area contributed by atoms with E-state index < -0.39 is 11.6 Å². The van der Waals surface area contributed by atoms with Gasteiger partial charge >= 0.3 is 6.09 Å². The van der Waals surface area contributed by atoms with E-state index in [1.165, 1.54) is 22.5 Å². The number of hydrogen-bond donors (Lipinski definition) is 1. The zero-order chi connectivity index (χ0) is 27.0. The van der Waals surface area contributed by atoms with Crippen molar-refractivity contribution in [2.45, 2.75) is 47.1 Å². The van der Waals surface area contributed by atoms with Crippen molar-refractivity contribution in [1.82, 2.24) is 5.32 Å². The topological polar surface area (TPSA) is 48.1 Å². The van der Waals surface area contributed by atoms with E-state index in [1.54, 1.807) is 0 Å². The van der Waals surface area contributed by atoms with Crippen LogP contribution in [0.2, 0.25) is 0 Å². The molecule has 1 N–H and O–H groups in total. The van der Waals surface area contributed by atoms with Crippen LogP contribution in [0.1, 0.15) is 58.2 Å². The number of benzene rings is 3. The Labute approximate surface area is 227 Å². The molecule has 1 spiro atoms. The lowest BCUT2D eigenvalue weighted by atomic mass is 9.79. The molecule has 38 heavy (non-hydrogen) atoms. The van der Waals surface area contributed by atoms with Crippen molar-refractivity contribution < 1.29 is 9.53 Å². The second kappa shape index (κ2) is 10.2.